The Balaban J connectivity index is 3.14. The van der Waals surface area contributed by atoms with Crippen molar-refractivity contribution in [3.8, 4) is 0 Å². The van der Waals surface area contributed by atoms with Gasteiger partial charge >= 0.3 is 0 Å². The largest absolute Gasteiger partial charge is 0.272 e. The fourth-order valence-electron chi connectivity index (χ4n) is 0.432. The molecule has 1 rings (SSSR count). The summed E-state index contributed by atoms with van der Waals surface area (Å²) in [6.07, 6.45) is 1.62. The van der Waals surface area contributed by atoms with Crippen molar-refractivity contribution in [1.29, 1.82) is 0 Å². The molecule has 0 saturated heterocycles. The third-order valence-corrected chi connectivity index (χ3v) is 1.47. The Bertz CT molecular complexity index is 176. The Morgan fingerprint density at radius 2 is 2.50 bits per heavy atom. The van der Waals surface area contributed by atoms with Gasteiger partial charge in [-0.2, -0.15) is 4.39 Å². The number of aryl methyl sites for hydroxylation is 1. The zero-order chi connectivity index (χ0) is 6.15. The SMILES string of the molecule is Cn1cc(I)c(F)n1. The first-order chi connectivity index (χ1) is 3.70. The molecule has 44 valence electrons. The summed E-state index contributed by atoms with van der Waals surface area (Å²) in [5, 5.41) is 3.45. The second-order valence-corrected chi connectivity index (χ2v) is 2.60. The van der Waals surface area contributed by atoms with E-state index in [0.29, 0.717) is 3.57 Å². The Morgan fingerprint density at radius 1 is 1.88 bits per heavy atom. The maximum atomic E-state index is 12.2. The van der Waals surface area contributed by atoms with Crippen molar-refractivity contribution in [1.82, 2.24) is 9.78 Å². The monoisotopic (exact) mass is 226 g/mol. The van der Waals surface area contributed by atoms with Gasteiger partial charge in [-0.05, 0) is 22.6 Å². The summed E-state index contributed by atoms with van der Waals surface area (Å²) in [4.78, 5) is 0. The lowest BCUT2D eigenvalue weighted by Crippen LogP contribution is -1.86. The van der Waals surface area contributed by atoms with Gasteiger partial charge in [-0.25, -0.2) is 0 Å². The smallest absolute Gasteiger partial charge is 0.245 e. The van der Waals surface area contributed by atoms with Crippen LogP contribution < -0.4 is 0 Å². The molecule has 0 atom stereocenters. The third kappa shape index (κ3) is 0.988. The van der Waals surface area contributed by atoms with E-state index < -0.39 is 5.95 Å². The molecule has 0 fully saturated rings. The van der Waals surface area contributed by atoms with Crippen LogP contribution in [0.4, 0.5) is 4.39 Å². The molecule has 1 aromatic heterocycles. The van der Waals surface area contributed by atoms with Crippen molar-refractivity contribution in [3.05, 3.63) is 15.7 Å². The summed E-state index contributed by atoms with van der Waals surface area (Å²) in [6, 6.07) is 0. The lowest BCUT2D eigenvalue weighted by Gasteiger charge is -1.77. The van der Waals surface area contributed by atoms with Crippen LogP contribution in [0.15, 0.2) is 6.20 Å². The van der Waals surface area contributed by atoms with Crippen LogP contribution in [0.1, 0.15) is 0 Å². The molecule has 0 aliphatic heterocycles. The van der Waals surface area contributed by atoms with Crippen LogP contribution in [0.2, 0.25) is 0 Å². The second kappa shape index (κ2) is 2.00. The molecule has 0 N–H and O–H groups in total. The molecule has 0 unspecified atom stereocenters. The first kappa shape index (κ1) is 6.00. The van der Waals surface area contributed by atoms with Crippen molar-refractivity contribution >= 4 is 22.6 Å². The molecule has 4 heteroatoms. The number of hydrogen-bond donors (Lipinski definition) is 0. The van der Waals surface area contributed by atoms with E-state index in [0.717, 1.165) is 0 Å². The van der Waals surface area contributed by atoms with E-state index in [-0.39, 0.29) is 0 Å². The second-order valence-electron chi connectivity index (χ2n) is 1.44. The molecule has 0 amide bonds. The summed E-state index contributed by atoms with van der Waals surface area (Å²) in [6.45, 7) is 0. The van der Waals surface area contributed by atoms with Gasteiger partial charge in [0.25, 0.3) is 0 Å². The minimum atomic E-state index is -0.395. The number of hydrogen-bond acceptors (Lipinski definition) is 1. The van der Waals surface area contributed by atoms with E-state index in [1.807, 2.05) is 22.6 Å². The van der Waals surface area contributed by atoms with Crippen molar-refractivity contribution < 1.29 is 4.39 Å². The summed E-state index contributed by atoms with van der Waals surface area (Å²) >= 11 is 1.89. The highest BCUT2D eigenvalue weighted by Crippen LogP contribution is 2.05. The average molecular weight is 226 g/mol. The van der Waals surface area contributed by atoms with Crippen LogP contribution in [-0.2, 0) is 7.05 Å². The third-order valence-electron chi connectivity index (χ3n) is 0.743. The van der Waals surface area contributed by atoms with E-state index in [2.05, 4.69) is 5.10 Å². The molecule has 2 nitrogen and oxygen atoms in total. The van der Waals surface area contributed by atoms with Crippen molar-refractivity contribution in [2.75, 3.05) is 0 Å². The number of nitrogens with zero attached hydrogens (tertiary/aromatic N) is 2. The normalized spacial score (nSPS) is 9.88. The van der Waals surface area contributed by atoms with Crippen molar-refractivity contribution in [2.24, 2.45) is 7.05 Å². The van der Waals surface area contributed by atoms with E-state index in [1.165, 1.54) is 4.68 Å². The van der Waals surface area contributed by atoms with Gasteiger partial charge in [-0.1, -0.05) is 0 Å². The molecule has 0 spiro atoms. The molecule has 0 aromatic carbocycles. The van der Waals surface area contributed by atoms with E-state index >= 15 is 0 Å². The fraction of sp³-hybridized carbons (Fsp3) is 0.250. The summed E-state index contributed by atoms with van der Waals surface area (Å²) in [7, 11) is 1.69. The van der Waals surface area contributed by atoms with Gasteiger partial charge in [0.1, 0.15) is 0 Å². The van der Waals surface area contributed by atoms with Crippen LogP contribution in [0.5, 0.6) is 0 Å². The zero-order valence-electron chi connectivity index (χ0n) is 4.23. The van der Waals surface area contributed by atoms with E-state index in [9.17, 15) is 4.39 Å². The highest BCUT2D eigenvalue weighted by molar-refractivity contribution is 14.1. The number of halogens is 2. The van der Waals surface area contributed by atoms with Gasteiger partial charge in [0.15, 0.2) is 0 Å². The predicted octanol–water partition coefficient (Wildman–Crippen LogP) is 1.16. The molecular weight excluding hydrogens is 222 g/mol. The van der Waals surface area contributed by atoms with Crippen LogP contribution in [-0.4, -0.2) is 9.78 Å². The number of rotatable bonds is 0. The van der Waals surface area contributed by atoms with Gasteiger partial charge in [-0.15, -0.1) is 5.10 Å². The minimum Gasteiger partial charge on any atom is -0.272 e. The molecule has 0 radical (unpaired) electrons. The molecule has 1 aromatic rings. The first-order valence-corrected chi connectivity index (χ1v) is 3.12. The van der Waals surface area contributed by atoms with Gasteiger partial charge < -0.3 is 0 Å². The number of aromatic nitrogens is 2. The Kier molecular flexibility index (Phi) is 1.50. The molecular formula is C4H4FIN2. The van der Waals surface area contributed by atoms with Crippen LogP contribution in [0.25, 0.3) is 0 Å². The van der Waals surface area contributed by atoms with Crippen LogP contribution in [0, 0.1) is 9.52 Å². The van der Waals surface area contributed by atoms with Gasteiger partial charge in [0.05, 0.1) is 3.57 Å². The minimum absolute atomic E-state index is 0.395. The summed E-state index contributed by atoms with van der Waals surface area (Å²) in [5.41, 5.74) is 0. The highest BCUT2D eigenvalue weighted by Gasteiger charge is 1.99. The van der Waals surface area contributed by atoms with Crippen molar-refractivity contribution in [2.45, 2.75) is 0 Å². The average Bonchev–Trinajstić information content (AvgIpc) is 1.85. The van der Waals surface area contributed by atoms with Crippen LogP contribution in [0.3, 0.4) is 0 Å². The lowest BCUT2D eigenvalue weighted by molar-refractivity contribution is 0.549. The van der Waals surface area contributed by atoms with Crippen molar-refractivity contribution in [3.63, 3.8) is 0 Å². The fourth-order valence-corrected chi connectivity index (χ4v) is 0.943. The van der Waals surface area contributed by atoms with Gasteiger partial charge in [-0.3, -0.25) is 4.68 Å². The Labute approximate surface area is 59.8 Å². The van der Waals surface area contributed by atoms with Crippen LogP contribution >= 0.6 is 22.6 Å². The lowest BCUT2D eigenvalue weighted by atomic mass is 10.7. The summed E-state index contributed by atoms with van der Waals surface area (Å²) in [5.74, 6) is -0.395. The topological polar surface area (TPSA) is 17.8 Å². The highest BCUT2D eigenvalue weighted by atomic mass is 127. The molecule has 0 saturated carbocycles. The standard InChI is InChI=1S/C4H4FIN2/c1-8-2-3(6)4(5)7-8/h2H,1H3. The zero-order valence-corrected chi connectivity index (χ0v) is 6.39. The van der Waals surface area contributed by atoms with E-state index in [1.54, 1.807) is 13.2 Å². The Hall–Kier alpha value is -0.130. The van der Waals surface area contributed by atoms with Gasteiger partial charge in [0.2, 0.25) is 5.95 Å². The maximum absolute atomic E-state index is 12.2. The quantitative estimate of drug-likeness (QED) is 0.607. The summed E-state index contributed by atoms with van der Waals surface area (Å²) < 4.78 is 14.2. The first-order valence-electron chi connectivity index (χ1n) is 2.05. The Morgan fingerprint density at radius 3 is 2.62 bits per heavy atom. The maximum Gasteiger partial charge on any atom is 0.245 e. The molecule has 8 heavy (non-hydrogen) atoms. The van der Waals surface area contributed by atoms with E-state index in [4.69, 9.17) is 0 Å². The molecule has 0 aliphatic carbocycles. The van der Waals surface area contributed by atoms with Gasteiger partial charge in [0, 0.05) is 13.2 Å². The molecule has 0 bridgehead atoms. The molecule has 0 aliphatic rings. The molecule has 1 heterocycles. The predicted molar refractivity (Wildman–Crippen MR) is 35.9 cm³/mol.